The molecular formula is C17H15FN2O2. The highest BCUT2D eigenvalue weighted by atomic mass is 19.1. The first-order valence-corrected chi connectivity index (χ1v) is 7.21. The zero-order chi connectivity index (χ0) is 15.3. The Morgan fingerprint density at radius 2 is 1.95 bits per heavy atom. The maximum absolute atomic E-state index is 13.1. The Bertz CT molecular complexity index is 747. The summed E-state index contributed by atoms with van der Waals surface area (Å²) in [5.74, 6) is 0.437. The average molecular weight is 298 g/mol. The third-order valence-corrected chi connectivity index (χ3v) is 4.27. The number of nitrogens with one attached hydrogen (secondary N) is 1. The number of carbonyl (C=O) groups excluding carboxylic acids is 1. The van der Waals surface area contributed by atoms with Crippen LogP contribution in [-0.4, -0.2) is 11.8 Å². The van der Waals surface area contributed by atoms with Crippen LogP contribution in [0.25, 0.3) is 0 Å². The number of amides is 2. The summed E-state index contributed by atoms with van der Waals surface area (Å²) in [7, 11) is 0. The molecule has 2 amide bonds. The van der Waals surface area contributed by atoms with Crippen LogP contribution in [0.5, 0.6) is 5.75 Å². The summed E-state index contributed by atoms with van der Waals surface area (Å²) in [5, 5.41) is 3.01. The Hall–Kier alpha value is -2.56. The van der Waals surface area contributed by atoms with Crippen molar-refractivity contribution in [2.24, 2.45) is 0 Å². The van der Waals surface area contributed by atoms with Crippen LogP contribution >= 0.6 is 0 Å². The highest BCUT2D eigenvalue weighted by Gasteiger charge is 2.49. The van der Waals surface area contributed by atoms with Gasteiger partial charge in [-0.25, -0.2) is 9.18 Å². The Morgan fingerprint density at radius 1 is 1.23 bits per heavy atom. The maximum atomic E-state index is 13.1. The van der Waals surface area contributed by atoms with Crippen molar-refractivity contribution < 1.29 is 13.9 Å². The van der Waals surface area contributed by atoms with E-state index in [9.17, 15) is 9.18 Å². The van der Waals surface area contributed by atoms with Crippen molar-refractivity contribution >= 4 is 11.7 Å². The largest absolute Gasteiger partial charge is 0.467 e. The first-order valence-electron chi connectivity index (χ1n) is 7.21. The van der Waals surface area contributed by atoms with Crippen molar-refractivity contribution in [1.82, 2.24) is 5.32 Å². The van der Waals surface area contributed by atoms with Gasteiger partial charge in [0, 0.05) is 17.7 Å². The van der Waals surface area contributed by atoms with Crippen molar-refractivity contribution in [2.45, 2.75) is 25.1 Å². The number of carbonyl (C=O) groups is 1. The highest BCUT2D eigenvalue weighted by Crippen LogP contribution is 2.45. The van der Waals surface area contributed by atoms with Gasteiger partial charge in [0.1, 0.15) is 11.6 Å². The van der Waals surface area contributed by atoms with Crippen molar-refractivity contribution in [1.29, 1.82) is 0 Å². The third kappa shape index (κ3) is 1.85. The van der Waals surface area contributed by atoms with Gasteiger partial charge < -0.3 is 10.1 Å². The number of anilines is 1. The van der Waals surface area contributed by atoms with E-state index in [-0.39, 0.29) is 17.9 Å². The van der Waals surface area contributed by atoms with Crippen LogP contribution < -0.4 is 15.0 Å². The number of hydrogen-bond acceptors (Lipinski definition) is 2. The Kier molecular flexibility index (Phi) is 2.66. The molecule has 22 heavy (non-hydrogen) atoms. The molecular weight excluding hydrogens is 283 g/mol. The normalized spacial score (nSPS) is 26.0. The molecule has 4 nitrogen and oxygen atoms in total. The Labute approximate surface area is 127 Å². The zero-order valence-electron chi connectivity index (χ0n) is 12.0. The lowest BCUT2D eigenvalue weighted by atomic mass is 9.90. The second-order valence-corrected chi connectivity index (χ2v) is 5.83. The second kappa shape index (κ2) is 4.47. The van der Waals surface area contributed by atoms with Crippen molar-refractivity contribution in [3.63, 3.8) is 0 Å². The Balaban J connectivity index is 1.80. The summed E-state index contributed by atoms with van der Waals surface area (Å²) in [6, 6.07) is 13.3. The monoisotopic (exact) mass is 298 g/mol. The number of nitrogens with zero attached hydrogens (tertiary/aromatic N) is 1. The molecule has 1 saturated heterocycles. The molecule has 112 valence electrons. The molecule has 1 N–H and O–H groups in total. The van der Waals surface area contributed by atoms with Gasteiger partial charge in [0.05, 0.1) is 6.04 Å². The van der Waals surface area contributed by atoms with Crippen LogP contribution in [0.3, 0.4) is 0 Å². The summed E-state index contributed by atoms with van der Waals surface area (Å²) in [6.45, 7) is 1.89. The van der Waals surface area contributed by atoms with Gasteiger partial charge in [0.2, 0.25) is 0 Å². The van der Waals surface area contributed by atoms with Crippen LogP contribution in [0.1, 0.15) is 24.9 Å². The van der Waals surface area contributed by atoms with Gasteiger partial charge in [-0.3, -0.25) is 4.90 Å². The molecule has 0 aliphatic carbocycles. The topological polar surface area (TPSA) is 41.6 Å². The first-order chi connectivity index (χ1) is 10.6. The summed E-state index contributed by atoms with van der Waals surface area (Å²) >= 11 is 0. The summed E-state index contributed by atoms with van der Waals surface area (Å²) in [4.78, 5) is 14.1. The fourth-order valence-corrected chi connectivity index (χ4v) is 3.30. The molecule has 4 rings (SSSR count). The molecule has 2 aliphatic heterocycles. The molecule has 2 aromatic rings. The average Bonchev–Trinajstić information content (AvgIpc) is 2.48. The lowest BCUT2D eigenvalue weighted by molar-refractivity contribution is 0.0378. The smallest absolute Gasteiger partial charge is 0.325 e. The zero-order valence-corrected chi connectivity index (χ0v) is 12.0. The van der Waals surface area contributed by atoms with Gasteiger partial charge in [-0.2, -0.15) is 0 Å². The van der Waals surface area contributed by atoms with Gasteiger partial charge in [-0.1, -0.05) is 18.2 Å². The molecule has 1 fully saturated rings. The third-order valence-electron chi connectivity index (χ3n) is 4.27. The van der Waals surface area contributed by atoms with E-state index in [1.54, 1.807) is 17.0 Å². The molecule has 0 saturated carbocycles. The minimum atomic E-state index is -0.792. The molecule has 5 heteroatoms. The molecule has 0 radical (unpaired) electrons. The second-order valence-electron chi connectivity index (χ2n) is 5.83. The standard InChI is InChI=1S/C17H15FN2O2/c1-17-10-14(13-4-2-3-5-15(13)22-17)19-16(21)20(17)12-8-6-11(18)7-9-12/h2-9,14H,10H2,1H3,(H,19,21)/t14-,17-/m0/s1. The van der Waals surface area contributed by atoms with E-state index in [2.05, 4.69) is 5.32 Å². The van der Waals surface area contributed by atoms with Gasteiger partial charge in [0.25, 0.3) is 0 Å². The minimum absolute atomic E-state index is 0.0702. The van der Waals surface area contributed by atoms with E-state index in [0.29, 0.717) is 12.1 Å². The highest BCUT2D eigenvalue weighted by molar-refractivity contribution is 5.94. The fourth-order valence-electron chi connectivity index (χ4n) is 3.30. The van der Waals surface area contributed by atoms with E-state index in [0.717, 1.165) is 11.3 Å². The number of benzene rings is 2. The van der Waals surface area contributed by atoms with Crippen LogP contribution in [0.2, 0.25) is 0 Å². The number of fused-ring (bicyclic) bond motifs is 4. The van der Waals surface area contributed by atoms with Crippen LogP contribution in [0.15, 0.2) is 48.5 Å². The van der Waals surface area contributed by atoms with E-state index < -0.39 is 5.72 Å². The first kappa shape index (κ1) is 13.1. The van der Waals surface area contributed by atoms with E-state index >= 15 is 0 Å². The maximum Gasteiger partial charge on any atom is 0.325 e. The molecule has 0 spiro atoms. The number of halogens is 1. The van der Waals surface area contributed by atoms with Gasteiger partial charge in [0.15, 0.2) is 5.72 Å². The van der Waals surface area contributed by atoms with Crippen molar-refractivity contribution in [3.8, 4) is 5.75 Å². The molecule has 2 aliphatic rings. The minimum Gasteiger partial charge on any atom is -0.467 e. The molecule has 2 bridgehead atoms. The number of rotatable bonds is 1. The summed E-state index contributed by atoms with van der Waals surface area (Å²) < 4.78 is 19.3. The SMILES string of the molecule is C[C@]12C[C@H](NC(=O)N1c1ccc(F)cc1)c1ccccc1O2. The predicted octanol–water partition coefficient (Wildman–Crippen LogP) is 3.60. The molecule has 2 heterocycles. The number of para-hydroxylation sites is 1. The van der Waals surface area contributed by atoms with Crippen molar-refractivity contribution in [2.75, 3.05) is 4.90 Å². The van der Waals surface area contributed by atoms with Gasteiger partial charge in [-0.05, 0) is 37.3 Å². The predicted molar refractivity (Wildman–Crippen MR) is 80.2 cm³/mol. The lowest BCUT2D eigenvalue weighted by Crippen LogP contribution is -2.65. The summed E-state index contributed by atoms with van der Waals surface area (Å²) in [6.07, 6.45) is 0.632. The molecule has 0 unspecified atom stereocenters. The van der Waals surface area contributed by atoms with E-state index in [4.69, 9.17) is 4.74 Å². The molecule has 2 atom stereocenters. The fraction of sp³-hybridized carbons (Fsp3) is 0.235. The summed E-state index contributed by atoms with van der Waals surface area (Å²) in [5.41, 5.74) is 0.811. The van der Waals surface area contributed by atoms with Crippen LogP contribution in [0.4, 0.5) is 14.9 Å². The van der Waals surface area contributed by atoms with Crippen LogP contribution in [0, 0.1) is 5.82 Å². The van der Waals surface area contributed by atoms with Gasteiger partial charge in [-0.15, -0.1) is 0 Å². The van der Waals surface area contributed by atoms with E-state index in [1.807, 2.05) is 31.2 Å². The Morgan fingerprint density at radius 3 is 2.73 bits per heavy atom. The van der Waals surface area contributed by atoms with Gasteiger partial charge >= 0.3 is 6.03 Å². The number of hydrogen-bond donors (Lipinski definition) is 1. The molecule has 2 aromatic carbocycles. The quantitative estimate of drug-likeness (QED) is 0.874. The lowest BCUT2D eigenvalue weighted by Gasteiger charge is -2.50. The molecule has 0 aromatic heterocycles. The number of urea groups is 1. The van der Waals surface area contributed by atoms with Crippen molar-refractivity contribution in [3.05, 3.63) is 59.9 Å². The van der Waals surface area contributed by atoms with Crippen LogP contribution in [-0.2, 0) is 0 Å². The number of ether oxygens (including phenoxy) is 1. The van der Waals surface area contributed by atoms with E-state index in [1.165, 1.54) is 12.1 Å².